The number of hydrogen-bond donors (Lipinski definition) is 2. The van der Waals surface area contributed by atoms with Crippen molar-refractivity contribution in [2.75, 3.05) is 43.4 Å². The Hall–Kier alpha value is -0.720. The summed E-state index contributed by atoms with van der Waals surface area (Å²) in [6, 6.07) is 5.25. The van der Waals surface area contributed by atoms with Crippen LogP contribution in [0.25, 0.3) is 0 Å². The molecule has 0 unspecified atom stereocenters. The van der Waals surface area contributed by atoms with Gasteiger partial charge in [0.25, 0.3) is 5.91 Å². The number of benzene rings is 1. The highest BCUT2D eigenvalue weighted by Gasteiger charge is 2.11. The summed E-state index contributed by atoms with van der Waals surface area (Å²) in [4.78, 5) is 14.4. The highest BCUT2D eigenvalue weighted by molar-refractivity contribution is 9.10. The van der Waals surface area contributed by atoms with Gasteiger partial charge in [0.05, 0.1) is 0 Å². The van der Waals surface area contributed by atoms with Gasteiger partial charge in [-0.3, -0.25) is 9.69 Å². The molecular weight excluding hydrogens is 326 g/mol. The quantitative estimate of drug-likeness (QED) is 0.818. The van der Waals surface area contributed by atoms with Crippen LogP contribution in [0.2, 0.25) is 0 Å². The Bertz CT molecular complexity index is 429. The second kappa shape index (κ2) is 7.17. The van der Waals surface area contributed by atoms with Gasteiger partial charge in [0.2, 0.25) is 0 Å². The molecule has 2 rings (SSSR count). The fourth-order valence-corrected chi connectivity index (χ4v) is 3.49. The van der Waals surface area contributed by atoms with E-state index in [1.165, 1.54) is 11.5 Å². The molecule has 0 saturated carbocycles. The molecule has 0 atom stereocenters. The maximum Gasteiger partial charge on any atom is 0.251 e. The molecule has 1 fully saturated rings. The molecule has 0 radical (unpaired) electrons. The predicted octanol–water partition coefficient (Wildman–Crippen LogP) is 1.81. The average molecular weight is 344 g/mol. The summed E-state index contributed by atoms with van der Waals surface area (Å²) < 4.78 is 0.825. The maximum absolute atomic E-state index is 12.0. The first-order valence-corrected chi connectivity index (χ1v) is 8.24. The Labute approximate surface area is 126 Å². The Morgan fingerprint density at radius 1 is 1.37 bits per heavy atom. The van der Waals surface area contributed by atoms with Crippen molar-refractivity contribution in [1.29, 1.82) is 0 Å². The fraction of sp³-hybridized carbons (Fsp3) is 0.462. The molecule has 0 aromatic heterocycles. The first-order chi connectivity index (χ1) is 9.15. The number of hydrogen-bond acceptors (Lipinski definition) is 4. The first kappa shape index (κ1) is 14.7. The van der Waals surface area contributed by atoms with E-state index in [9.17, 15) is 4.79 Å². The molecule has 1 aliphatic rings. The van der Waals surface area contributed by atoms with Crippen LogP contribution in [0.15, 0.2) is 22.7 Å². The minimum Gasteiger partial charge on any atom is -0.399 e. The zero-order chi connectivity index (χ0) is 13.7. The van der Waals surface area contributed by atoms with Gasteiger partial charge in [0.15, 0.2) is 0 Å². The minimum absolute atomic E-state index is 0.0700. The molecule has 0 aliphatic carbocycles. The van der Waals surface area contributed by atoms with E-state index in [4.69, 9.17) is 5.73 Å². The van der Waals surface area contributed by atoms with E-state index in [0.29, 0.717) is 17.8 Å². The number of carbonyl (C=O) groups is 1. The number of amides is 1. The Morgan fingerprint density at radius 3 is 2.79 bits per heavy atom. The van der Waals surface area contributed by atoms with Crippen molar-refractivity contribution < 1.29 is 4.79 Å². The SMILES string of the molecule is Nc1cc(Br)cc(C(=O)NCCN2CCSCC2)c1. The van der Waals surface area contributed by atoms with E-state index in [-0.39, 0.29) is 5.91 Å². The average Bonchev–Trinajstić information content (AvgIpc) is 2.38. The van der Waals surface area contributed by atoms with E-state index in [1.54, 1.807) is 18.2 Å². The van der Waals surface area contributed by atoms with Crippen LogP contribution in [0, 0.1) is 0 Å². The molecule has 1 aromatic rings. The Morgan fingerprint density at radius 2 is 2.11 bits per heavy atom. The third kappa shape index (κ3) is 4.71. The zero-order valence-corrected chi connectivity index (χ0v) is 13.1. The van der Waals surface area contributed by atoms with E-state index in [0.717, 1.165) is 24.1 Å². The number of nitrogen functional groups attached to an aromatic ring is 1. The summed E-state index contributed by atoms with van der Waals surface area (Å²) in [7, 11) is 0. The minimum atomic E-state index is -0.0700. The third-order valence-corrected chi connectivity index (χ3v) is 4.40. The summed E-state index contributed by atoms with van der Waals surface area (Å²) in [6.45, 7) is 3.82. The monoisotopic (exact) mass is 343 g/mol. The van der Waals surface area contributed by atoms with Crippen molar-refractivity contribution in [2.45, 2.75) is 0 Å². The van der Waals surface area contributed by atoms with Crippen molar-refractivity contribution >= 4 is 39.3 Å². The topological polar surface area (TPSA) is 58.4 Å². The van der Waals surface area contributed by atoms with Crippen molar-refractivity contribution in [3.63, 3.8) is 0 Å². The van der Waals surface area contributed by atoms with Gasteiger partial charge >= 0.3 is 0 Å². The summed E-state index contributed by atoms with van der Waals surface area (Å²) in [5.74, 6) is 2.31. The number of nitrogens with zero attached hydrogens (tertiary/aromatic N) is 1. The fourth-order valence-electron chi connectivity index (χ4n) is 2.00. The van der Waals surface area contributed by atoms with Crippen LogP contribution in [0.3, 0.4) is 0 Å². The standard InChI is InChI=1S/C13H18BrN3OS/c14-11-7-10(8-12(15)9-11)13(18)16-1-2-17-3-5-19-6-4-17/h7-9H,1-6,15H2,(H,16,18). The molecule has 3 N–H and O–H groups in total. The van der Waals surface area contributed by atoms with Gasteiger partial charge in [-0.1, -0.05) is 15.9 Å². The molecule has 1 amide bonds. The summed E-state index contributed by atoms with van der Waals surface area (Å²) in [6.07, 6.45) is 0. The second-order valence-electron chi connectivity index (χ2n) is 4.48. The number of rotatable bonds is 4. The van der Waals surface area contributed by atoms with Gasteiger partial charge < -0.3 is 11.1 Å². The lowest BCUT2D eigenvalue weighted by Gasteiger charge is -2.26. The number of anilines is 1. The lowest BCUT2D eigenvalue weighted by molar-refractivity contribution is 0.0949. The van der Waals surface area contributed by atoms with Gasteiger partial charge in [-0.2, -0.15) is 11.8 Å². The normalized spacial score (nSPS) is 16.3. The number of halogens is 1. The van der Waals surface area contributed by atoms with Crippen molar-refractivity contribution in [2.24, 2.45) is 0 Å². The third-order valence-electron chi connectivity index (χ3n) is 3.00. The molecule has 4 nitrogen and oxygen atoms in total. The van der Waals surface area contributed by atoms with E-state index >= 15 is 0 Å². The van der Waals surface area contributed by atoms with Gasteiger partial charge in [0.1, 0.15) is 0 Å². The number of nitrogens with one attached hydrogen (secondary N) is 1. The van der Waals surface area contributed by atoms with E-state index < -0.39 is 0 Å². The van der Waals surface area contributed by atoms with Gasteiger partial charge in [0, 0.05) is 53.4 Å². The van der Waals surface area contributed by atoms with Crippen LogP contribution >= 0.6 is 27.7 Å². The van der Waals surface area contributed by atoms with Crippen molar-refractivity contribution in [3.05, 3.63) is 28.2 Å². The molecule has 104 valence electrons. The highest BCUT2D eigenvalue weighted by atomic mass is 79.9. The zero-order valence-electron chi connectivity index (χ0n) is 10.7. The number of carbonyl (C=O) groups excluding carboxylic acids is 1. The molecule has 19 heavy (non-hydrogen) atoms. The van der Waals surface area contributed by atoms with Crippen LogP contribution in [0.4, 0.5) is 5.69 Å². The van der Waals surface area contributed by atoms with Gasteiger partial charge in [-0.05, 0) is 18.2 Å². The van der Waals surface area contributed by atoms with Gasteiger partial charge in [-0.25, -0.2) is 0 Å². The van der Waals surface area contributed by atoms with Crippen LogP contribution in [-0.2, 0) is 0 Å². The number of thioether (sulfide) groups is 1. The lowest BCUT2D eigenvalue weighted by atomic mass is 10.2. The van der Waals surface area contributed by atoms with Crippen LogP contribution in [0.1, 0.15) is 10.4 Å². The highest BCUT2D eigenvalue weighted by Crippen LogP contribution is 2.17. The van der Waals surface area contributed by atoms with Crippen LogP contribution in [0.5, 0.6) is 0 Å². The largest absolute Gasteiger partial charge is 0.399 e. The first-order valence-electron chi connectivity index (χ1n) is 6.29. The molecule has 1 saturated heterocycles. The number of nitrogens with two attached hydrogens (primary N) is 1. The second-order valence-corrected chi connectivity index (χ2v) is 6.62. The van der Waals surface area contributed by atoms with Crippen LogP contribution in [-0.4, -0.2) is 48.5 Å². The molecule has 0 bridgehead atoms. The molecule has 0 spiro atoms. The van der Waals surface area contributed by atoms with Gasteiger partial charge in [-0.15, -0.1) is 0 Å². The van der Waals surface area contributed by atoms with E-state index in [2.05, 4.69) is 26.1 Å². The molecule has 1 aromatic carbocycles. The smallest absolute Gasteiger partial charge is 0.251 e. The van der Waals surface area contributed by atoms with Crippen LogP contribution < -0.4 is 11.1 Å². The summed E-state index contributed by atoms with van der Waals surface area (Å²) >= 11 is 5.33. The van der Waals surface area contributed by atoms with Crippen molar-refractivity contribution in [3.8, 4) is 0 Å². The molecule has 1 aliphatic heterocycles. The predicted molar refractivity (Wildman–Crippen MR) is 84.7 cm³/mol. The molecule has 1 heterocycles. The Kier molecular flexibility index (Phi) is 5.54. The Balaban J connectivity index is 1.80. The molecule has 6 heteroatoms. The lowest BCUT2D eigenvalue weighted by Crippen LogP contribution is -2.39. The summed E-state index contributed by atoms with van der Waals surface area (Å²) in [5, 5.41) is 2.94. The summed E-state index contributed by atoms with van der Waals surface area (Å²) in [5.41, 5.74) is 6.91. The molecular formula is C13H18BrN3OS. The maximum atomic E-state index is 12.0. The van der Waals surface area contributed by atoms with Crippen molar-refractivity contribution in [1.82, 2.24) is 10.2 Å². The van der Waals surface area contributed by atoms with E-state index in [1.807, 2.05) is 11.8 Å².